The molecule has 114 valence electrons. The summed E-state index contributed by atoms with van der Waals surface area (Å²) in [4.78, 5) is 35.0. The summed E-state index contributed by atoms with van der Waals surface area (Å²) in [6, 6.07) is 7.27. The second kappa shape index (κ2) is 8.04. The number of imide groups is 1. The summed E-state index contributed by atoms with van der Waals surface area (Å²) < 4.78 is 0. The number of nitrogens with zero attached hydrogens (tertiary/aromatic N) is 1. The number of nitrogens with one attached hydrogen (secondary N) is 1. The molecule has 0 bridgehead atoms. The van der Waals surface area contributed by atoms with Crippen LogP contribution in [0.2, 0.25) is 0 Å². The molecule has 0 unspecified atom stereocenters. The van der Waals surface area contributed by atoms with Crippen LogP contribution >= 0.6 is 0 Å². The molecule has 1 aromatic carbocycles. The molecule has 1 aromatic rings. The minimum Gasteiger partial charge on any atom is -0.481 e. The number of hydrogen-bond acceptors (Lipinski definition) is 3. The van der Waals surface area contributed by atoms with Gasteiger partial charge >= 0.3 is 12.0 Å². The highest BCUT2D eigenvalue weighted by molar-refractivity contribution is 5.94. The highest BCUT2D eigenvalue weighted by atomic mass is 16.4. The molecule has 2 N–H and O–H groups in total. The zero-order valence-corrected chi connectivity index (χ0v) is 12.3. The molecule has 0 aliphatic heterocycles. The first-order chi connectivity index (χ1) is 9.88. The summed E-state index contributed by atoms with van der Waals surface area (Å²) in [7, 11) is 1.60. The van der Waals surface area contributed by atoms with Crippen molar-refractivity contribution in [1.82, 2.24) is 10.2 Å². The summed E-state index contributed by atoms with van der Waals surface area (Å²) in [5.41, 5.74) is 2.11. The highest BCUT2D eigenvalue weighted by Gasteiger charge is 2.13. The van der Waals surface area contributed by atoms with Crippen LogP contribution in [0.1, 0.15) is 30.4 Å². The van der Waals surface area contributed by atoms with Gasteiger partial charge in [-0.05, 0) is 18.9 Å². The maximum Gasteiger partial charge on any atom is 0.324 e. The fraction of sp³-hybridized carbons (Fsp3) is 0.400. The number of carbonyl (C=O) groups is 3. The summed E-state index contributed by atoms with van der Waals surface area (Å²) in [5.74, 6) is -1.41. The van der Waals surface area contributed by atoms with E-state index in [-0.39, 0.29) is 19.3 Å². The summed E-state index contributed by atoms with van der Waals surface area (Å²) in [6.45, 7) is 2.38. The Labute approximate surface area is 123 Å². The zero-order valence-electron chi connectivity index (χ0n) is 12.3. The second-order valence-corrected chi connectivity index (χ2v) is 4.94. The Morgan fingerprint density at radius 1 is 1.14 bits per heavy atom. The number of rotatable bonds is 6. The molecule has 0 radical (unpaired) electrons. The van der Waals surface area contributed by atoms with Crippen molar-refractivity contribution < 1.29 is 19.5 Å². The highest BCUT2D eigenvalue weighted by Crippen LogP contribution is 2.06. The fourth-order valence-electron chi connectivity index (χ4n) is 1.72. The lowest BCUT2D eigenvalue weighted by Crippen LogP contribution is -2.40. The molecule has 6 nitrogen and oxygen atoms in total. The van der Waals surface area contributed by atoms with E-state index in [2.05, 4.69) is 5.32 Å². The molecule has 21 heavy (non-hydrogen) atoms. The lowest BCUT2D eigenvalue weighted by Gasteiger charge is -2.17. The molecule has 0 aromatic heterocycles. The smallest absolute Gasteiger partial charge is 0.324 e. The summed E-state index contributed by atoms with van der Waals surface area (Å²) in [5, 5.41) is 10.7. The third kappa shape index (κ3) is 6.56. The number of amides is 3. The number of carbonyl (C=O) groups excluding carboxylic acids is 2. The number of hydrogen-bond donors (Lipinski definition) is 2. The van der Waals surface area contributed by atoms with Gasteiger partial charge in [0.05, 0.1) is 0 Å². The minimum absolute atomic E-state index is 0.0242. The molecular weight excluding hydrogens is 272 g/mol. The molecule has 0 saturated heterocycles. The predicted octanol–water partition coefficient (Wildman–Crippen LogP) is 1.92. The van der Waals surface area contributed by atoms with Crippen LogP contribution in [0.5, 0.6) is 0 Å². The van der Waals surface area contributed by atoms with Gasteiger partial charge in [0.2, 0.25) is 5.91 Å². The molecule has 0 fully saturated rings. The minimum atomic E-state index is -0.953. The maximum atomic E-state index is 11.8. The first-order valence-corrected chi connectivity index (χ1v) is 6.71. The third-order valence-electron chi connectivity index (χ3n) is 2.93. The van der Waals surface area contributed by atoms with E-state index in [9.17, 15) is 14.4 Å². The first kappa shape index (κ1) is 16.7. The van der Waals surface area contributed by atoms with Crippen LogP contribution in [-0.2, 0) is 16.1 Å². The lowest BCUT2D eigenvalue weighted by molar-refractivity contribution is -0.137. The van der Waals surface area contributed by atoms with Gasteiger partial charge in [-0.2, -0.15) is 0 Å². The van der Waals surface area contributed by atoms with E-state index in [0.717, 1.165) is 11.1 Å². The van der Waals surface area contributed by atoms with Crippen LogP contribution in [0.3, 0.4) is 0 Å². The van der Waals surface area contributed by atoms with Gasteiger partial charge in [-0.1, -0.05) is 29.8 Å². The van der Waals surface area contributed by atoms with Crippen molar-refractivity contribution in [3.8, 4) is 0 Å². The van der Waals surface area contributed by atoms with Crippen molar-refractivity contribution in [2.45, 2.75) is 32.7 Å². The lowest BCUT2D eigenvalue weighted by atomic mass is 10.1. The number of aliphatic carboxylic acids is 1. The van der Waals surface area contributed by atoms with Gasteiger partial charge in [0.1, 0.15) is 0 Å². The van der Waals surface area contributed by atoms with Gasteiger partial charge in [0.15, 0.2) is 0 Å². The average molecular weight is 292 g/mol. The molecule has 0 saturated carbocycles. The van der Waals surface area contributed by atoms with Gasteiger partial charge in [-0.25, -0.2) is 4.79 Å². The van der Waals surface area contributed by atoms with Crippen LogP contribution in [0.25, 0.3) is 0 Å². The Morgan fingerprint density at radius 2 is 1.76 bits per heavy atom. The standard InChI is InChI=1S/C15H20N2O4/c1-11-6-8-12(9-7-11)10-17(2)15(21)16-13(18)4-3-5-14(19)20/h6-9H,3-5,10H2,1-2H3,(H,19,20)(H,16,18,21). The van der Waals surface area contributed by atoms with E-state index in [1.54, 1.807) is 7.05 Å². The van der Waals surface area contributed by atoms with E-state index in [1.807, 2.05) is 31.2 Å². The Balaban J connectivity index is 2.38. The normalized spacial score (nSPS) is 10.0. The van der Waals surface area contributed by atoms with Crippen molar-refractivity contribution in [3.05, 3.63) is 35.4 Å². The van der Waals surface area contributed by atoms with Crippen molar-refractivity contribution in [2.75, 3.05) is 7.05 Å². The first-order valence-electron chi connectivity index (χ1n) is 6.71. The van der Waals surface area contributed by atoms with E-state index in [0.29, 0.717) is 6.54 Å². The number of aryl methyl sites for hydroxylation is 1. The largest absolute Gasteiger partial charge is 0.481 e. The molecule has 0 spiro atoms. The van der Waals surface area contributed by atoms with Crippen molar-refractivity contribution in [3.63, 3.8) is 0 Å². The molecule has 0 aliphatic carbocycles. The molecule has 0 heterocycles. The Bertz CT molecular complexity index is 511. The van der Waals surface area contributed by atoms with Gasteiger partial charge in [0, 0.05) is 26.4 Å². The molecule has 1 rings (SSSR count). The average Bonchev–Trinajstić information content (AvgIpc) is 2.40. The third-order valence-corrected chi connectivity index (χ3v) is 2.93. The monoisotopic (exact) mass is 292 g/mol. The van der Waals surface area contributed by atoms with E-state index < -0.39 is 17.9 Å². The Hall–Kier alpha value is -2.37. The maximum absolute atomic E-state index is 11.8. The van der Waals surface area contributed by atoms with Crippen LogP contribution in [0.15, 0.2) is 24.3 Å². The molecule has 3 amide bonds. The van der Waals surface area contributed by atoms with Crippen molar-refractivity contribution >= 4 is 17.9 Å². The molecule has 6 heteroatoms. The zero-order chi connectivity index (χ0) is 15.8. The SMILES string of the molecule is Cc1ccc(CN(C)C(=O)NC(=O)CCCC(=O)O)cc1. The van der Waals surface area contributed by atoms with E-state index in [4.69, 9.17) is 5.11 Å². The van der Waals surface area contributed by atoms with Gasteiger partial charge < -0.3 is 10.0 Å². The quantitative estimate of drug-likeness (QED) is 0.838. The number of urea groups is 1. The van der Waals surface area contributed by atoms with Gasteiger partial charge in [-0.15, -0.1) is 0 Å². The summed E-state index contributed by atoms with van der Waals surface area (Å²) >= 11 is 0. The number of carboxylic acid groups (broad SMARTS) is 1. The topological polar surface area (TPSA) is 86.7 Å². The molecular formula is C15H20N2O4. The van der Waals surface area contributed by atoms with E-state index in [1.165, 1.54) is 4.90 Å². The van der Waals surface area contributed by atoms with Crippen LogP contribution in [0, 0.1) is 6.92 Å². The van der Waals surface area contributed by atoms with Crippen LogP contribution in [0.4, 0.5) is 4.79 Å². The number of benzene rings is 1. The number of carboxylic acids is 1. The van der Waals surface area contributed by atoms with Crippen LogP contribution < -0.4 is 5.32 Å². The molecule has 0 aliphatic rings. The summed E-state index contributed by atoms with van der Waals surface area (Å²) in [6.07, 6.45) is 0.160. The van der Waals surface area contributed by atoms with E-state index >= 15 is 0 Å². The van der Waals surface area contributed by atoms with Crippen LogP contribution in [-0.4, -0.2) is 35.0 Å². The fourth-order valence-corrected chi connectivity index (χ4v) is 1.72. The van der Waals surface area contributed by atoms with Crippen molar-refractivity contribution in [1.29, 1.82) is 0 Å². The molecule has 0 atom stereocenters. The Morgan fingerprint density at radius 3 is 2.33 bits per heavy atom. The van der Waals surface area contributed by atoms with Crippen molar-refractivity contribution in [2.24, 2.45) is 0 Å². The van der Waals surface area contributed by atoms with Gasteiger partial charge in [-0.3, -0.25) is 14.9 Å². The second-order valence-electron chi connectivity index (χ2n) is 4.94. The predicted molar refractivity (Wildman–Crippen MR) is 77.7 cm³/mol. The Kier molecular flexibility index (Phi) is 6.39. The van der Waals surface area contributed by atoms with Gasteiger partial charge in [0.25, 0.3) is 0 Å².